The summed E-state index contributed by atoms with van der Waals surface area (Å²) in [5.74, 6) is 0.908. The topological polar surface area (TPSA) is 98.5 Å². The minimum Gasteiger partial charge on any atom is -0.378 e. The first kappa shape index (κ1) is 24.6. The van der Waals surface area contributed by atoms with E-state index in [0.29, 0.717) is 37.2 Å². The number of ether oxygens (including phenoxy) is 1. The number of carbonyl (C=O) groups is 3. The second-order valence-corrected chi connectivity index (χ2v) is 8.51. The third-order valence-electron chi connectivity index (χ3n) is 5.58. The van der Waals surface area contributed by atoms with Crippen LogP contribution in [0, 0.1) is 11.8 Å². The highest BCUT2D eigenvalue weighted by atomic mass is 16.5. The molecule has 2 saturated carbocycles. The maximum Gasteiger partial charge on any atom is 0.217 e. The molecule has 3 N–H and O–H groups in total. The van der Waals surface area contributed by atoms with Gasteiger partial charge in [0.25, 0.3) is 0 Å². The van der Waals surface area contributed by atoms with Crippen LogP contribution >= 0.6 is 0 Å². The Morgan fingerprint density at radius 1 is 1.04 bits per heavy atom. The summed E-state index contributed by atoms with van der Waals surface area (Å²) < 4.78 is 5.67. The zero-order chi connectivity index (χ0) is 20.9. The van der Waals surface area contributed by atoms with Gasteiger partial charge in [-0.1, -0.05) is 33.1 Å². The van der Waals surface area contributed by atoms with E-state index in [1.165, 1.54) is 19.3 Å². The van der Waals surface area contributed by atoms with Gasteiger partial charge in [-0.3, -0.25) is 14.4 Å². The number of hydrogen-bond acceptors (Lipinski definition) is 4. The van der Waals surface area contributed by atoms with Crippen molar-refractivity contribution in [1.82, 2.24) is 5.32 Å². The highest BCUT2D eigenvalue weighted by Crippen LogP contribution is 2.26. The summed E-state index contributed by atoms with van der Waals surface area (Å²) in [6.45, 7) is 6.17. The van der Waals surface area contributed by atoms with E-state index >= 15 is 0 Å². The summed E-state index contributed by atoms with van der Waals surface area (Å²) in [7, 11) is 0. The van der Waals surface area contributed by atoms with Crippen molar-refractivity contribution in [3.63, 3.8) is 0 Å². The first-order chi connectivity index (χ1) is 13.3. The Hall–Kier alpha value is -1.43. The molecule has 0 saturated heterocycles. The average molecular weight is 401 g/mol. The van der Waals surface area contributed by atoms with Crippen LogP contribution in [0.1, 0.15) is 94.3 Å². The van der Waals surface area contributed by atoms with Gasteiger partial charge in [-0.15, -0.1) is 0 Å². The van der Waals surface area contributed by atoms with Crippen molar-refractivity contribution in [2.24, 2.45) is 17.6 Å². The summed E-state index contributed by atoms with van der Waals surface area (Å²) in [4.78, 5) is 32.9. The van der Waals surface area contributed by atoms with E-state index in [1.54, 1.807) is 6.92 Å². The van der Waals surface area contributed by atoms with Crippen LogP contribution in [0.2, 0.25) is 0 Å². The van der Waals surface area contributed by atoms with E-state index < -0.39 is 0 Å². The minimum absolute atomic E-state index is 0. The van der Waals surface area contributed by atoms with E-state index in [9.17, 15) is 14.4 Å². The quantitative estimate of drug-likeness (QED) is 0.602. The van der Waals surface area contributed by atoms with Crippen LogP contribution in [0.3, 0.4) is 0 Å². The van der Waals surface area contributed by atoms with Gasteiger partial charge in [0.2, 0.25) is 11.8 Å². The molecule has 0 radical (unpaired) electrons. The summed E-state index contributed by atoms with van der Waals surface area (Å²) in [5.41, 5.74) is 5.04. The number of primary amides is 1. The fourth-order valence-electron chi connectivity index (χ4n) is 4.02. The largest absolute Gasteiger partial charge is 0.378 e. The first-order valence-electron chi connectivity index (χ1n) is 11.0. The summed E-state index contributed by atoms with van der Waals surface area (Å²) in [5, 5.41) is 2.93. The molecule has 2 fully saturated rings. The molecular weight excluding hydrogens is 356 g/mol. The maximum atomic E-state index is 11.5. The van der Waals surface area contributed by atoms with Gasteiger partial charge in [-0.05, 0) is 44.9 Å². The zero-order valence-corrected chi connectivity index (χ0v) is 18.0. The molecule has 6 nitrogen and oxygen atoms in total. The summed E-state index contributed by atoms with van der Waals surface area (Å²) in [6.07, 6.45) is 11.4. The molecule has 2 aliphatic rings. The second-order valence-electron chi connectivity index (χ2n) is 8.51. The molecule has 0 heterocycles. The molecule has 2 rings (SSSR count). The van der Waals surface area contributed by atoms with Crippen LogP contribution in [-0.4, -0.2) is 36.4 Å². The number of Topliss-reactive ketones (excluding diaryl/α,β-unsaturated/α-hetero) is 1. The van der Waals surface area contributed by atoms with Gasteiger partial charge in [0.1, 0.15) is 5.78 Å². The molecule has 0 aromatic carbocycles. The van der Waals surface area contributed by atoms with Gasteiger partial charge in [-0.25, -0.2) is 0 Å². The lowest BCUT2D eigenvalue weighted by atomic mass is 9.83. The van der Waals surface area contributed by atoms with Crippen LogP contribution < -0.4 is 11.1 Å². The lowest BCUT2D eigenvalue weighted by Gasteiger charge is -2.28. The van der Waals surface area contributed by atoms with E-state index in [1.807, 2.05) is 13.8 Å². The van der Waals surface area contributed by atoms with Crippen molar-refractivity contribution in [3.8, 4) is 0 Å². The zero-order valence-electron chi connectivity index (χ0n) is 18.0. The van der Waals surface area contributed by atoms with Crippen molar-refractivity contribution in [3.05, 3.63) is 0 Å². The van der Waals surface area contributed by atoms with Crippen molar-refractivity contribution in [2.75, 3.05) is 6.61 Å². The SMILES string of the molecule is CC(=O)NC1CCC(OCCCC(N)=O)CC1.CC(C)C(=O)C1CCCCC1.[HH].[HH]. The van der Waals surface area contributed by atoms with Crippen molar-refractivity contribution >= 4 is 17.6 Å². The van der Waals surface area contributed by atoms with E-state index in [-0.39, 0.29) is 26.7 Å². The third kappa shape index (κ3) is 10.8. The molecule has 0 bridgehead atoms. The predicted molar refractivity (Wildman–Crippen MR) is 115 cm³/mol. The Morgan fingerprint density at radius 3 is 2.14 bits per heavy atom. The van der Waals surface area contributed by atoms with Gasteiger partial charge in [-0.2, -0.15) is 0 Å². The Morgan fingerprint density at radius 2 is 1.64 bits per heavy atom. The minimum atomic E-state index is -0.275. The fourth-order valence-corrected chi connectivity index (χ4v) is 4.02. The molecule has 0 atom stereocenters. The Bertz CT molecular complexity index is 487. The normalized spacial score (nSPS) is 22.9. The number of carbonyl (C=O) groups excluding carboxylic acids is 3. The molecule has 2 amide bonds. The van der Waals surface area contributed by atoms with Crippen LogP contribution in [0.25, 0.3) is 0 Å². The van der Waals surface area contributed by atoms with Gasteiger partial charge in [0, 0.05) is 40.7 Å². The standard InChI is InChI=1S/C12H22N2O3.C10H18O.2H2/c1-9(15)14-10-4-6-11(7-5-10)17-8-2-3-12(13)16;1-8(2)10(11)9-6-4-3-5-7-9;;/h10-11H,2-8H2,1H3,(H2,13,16)(H,14,15);8-9H,3-7H2,1-2H3;2*1H. The molecule has 6 heteroatoms. The molecule has 0 spiro atoms. The highest BCUT2D eigenvalue weighted by molar-refractivity contribution is 5.82. The second kappa shape index (κ2) is 13.7. The van der Waals surface area contributed by atoms with Crippen LogP contribution in [-0.2, 0) is 19.1 Å². The molecule has 0 unspecified atom stereocenters. The first-order valence-corrected chi connectivity index (χ1v) is 11.0. The monoisotopic (exact) mass is 400 g/mol. The Kier molecular flexibility index (Phi) is 12.0. The summed E-state index contributed by atoms with van der Waals surface area (Å²) in [6, 6.07) is 0.304. The van der Waals surface area contributed by atoms with E-state index in [0.717, 1.165) is 38.5 Å². The lowest BCUT2D eigenvalue weighted by Crippen LogP contribution is -2.37. The van der Waals surface area contributed by atoms with Crippen LogP contribution in [0.4, 0.5) is 0 Å². The number of nitrogens with two attached hydrogens (primary N) is 1. The van der Waals surface area contributed by atoms with E-state index in [2.05, 4.69) is 5.32 Å². The van der Waals surface area contributed by atoms with Crippen LogP contribution in [0.5, 0.6) is 0 Å². The number of ketones is 1. The molecule has 0 aromatic rings. The number of hydrogen-bond donors (Lipinski definition) is 2. The number of amides is 2. The lowest BCUT2D eigenvalue weighted by molar-refractivity contribution is -0.126. The molecule has 166 valence electrons. The molecule has 28 heavy (non-hydrogen) atoms. The maximum absolute atomic E-state index is 11.5. The van der Waals surface area contributed by atoms with Gasteiger partial charge >= 0.3 is 0 Å². The van der Waals surface area contributed by atoms with Crippen molar-refractivity contribution in [2.45, 2.75) is 104 Å². The smallest absolute Gasteiger partial charge is 0.217 e. The van der Waals surface area contributed by atoms with Crippen molar-refractivity contribution < 1.29 is 22.0 Å². The van der Waals surface area contributed by atoms with Gasteiger partial charge in [0.15, 0.2) is 0 Å². The van der Waals surface area contributed by atoms with Crippen molar-refractivity contribution in [1.29, 1.82) is 0 Å². The fraction of sp³-hybridized carbons (Fsp3) is 0.864. The highest BCUT2D eigenvalue weighted by Gasteiger charge is 2.23. The molecule has 0 aromatic heterocycles. The van der Waals surface area contributed by atoms with E-state index in [4.69, 9.17) is 10.5 Å². The Labute approximate surface area is 173 Å². The van der Waals surface area contributed by atoms with Gasteiger partial charge in [0.05, 0.1) is 6.10 Å². The van der Waals surface area contributed by atoms with Gasteiger partial charge < -0.3 is 15.8 Å². The Balaban J connectivity index is 0. The predicted octanol–water partition coefficient (Wildman–Crippen LogP) is 4.00. The molecular formula is C22H44N2O4. The third-order valence-corrected chi connectivity index (χ3v) is 5.58. The molecule has 2 aliphatic carbocycles. The van der Waals surface area contributed by atoms with Crippen LogP contribution in [0.15, 0.2) is 0 Å². The average Bonchev–Trinajstić information content (AvgIpc) is 2.66. The molecule has 0 aliphatic heterocycles. The summed E-state index contributed by atoms with van der Waals surface area (Å²) >= 11 is 0. The number of rotatable bonds is 8. The number of nitrogens with one attached hydrogen (secondary N) is 1.